The Morgan fingerprint density at radius 3 is 2.48 bits per heavy atom. The number of para-hydroxylation sites is 1. The molecule has 0 saturated carbocycles. The van der Waals surface area contributed by atoms with Crippen LogP contribution in [0.2, 0.25) is 0 Å². The van der Waals surface area contributed by atoms with Crippen LogP contribution in [0.3, 0.4) is 0 Å². The van der Waals surface area contributed by atoms with Gasteiger partial charge in [-0.3, -0.25) is 0 Å². The molecule has 0 spiro atoms. The molecule has 2 aromatic carbocycles. The maximum absolute atomic E-state index is 9.30. The number of nitrogens with two attached hydrogens (primary N) is 1. The molecule has 21 heavy (non-hydrogen) atoms. The maximum Gasteiger partial charge on any atom is 0.164 e. The zero-order chi connectivity index (χ0) is 15.1. The fourth-order valence-corrected chi connectivity index (χ4v) is 2.09. The van der Waals surface area contributed by atoms with Crippen molar-refractivity contribution in [1.29, 1.82) is 0 Å². The van der Waals surface area contributed by atoms with E-state index in [-0.39, 0.29) is 5.75 Å². The maximum atomic E-state index is 9.30. The van der Waals surface area contributed by atoms with Gasteiger partial charge in [-0.25, -0.2) is 0 Å². The van der Waals surface area contributed by atoms with Gasteiger partial charge in [0, 0.05) is 0 Å². The third kappa shape index (κ3) is 4.13. The molecule has 4 nitrogen and oxygen atoms in total. The molecule has 4 heteroatoms. The van der Waals surface area contributed by atoms with E-state index >= 15 is 0 Å². The van der Waals surface area contributed by atoms with Crippen molar-refractivity contribution in [2.75, 3.05) is 13.2 Å². The van der Waals surface area contributed by atoms with Crippen LogP contribution in [0.25, 0.3) is 0 Å². The summed E-state index contributed by atoms with van der Waals surface area (Å²) in [5, 5.41) is 9.30. The minimum absolute atomic E-state index is 0.247. The number of hydrogen-bond donors (Lipinski definition) is 2. The molecule has 0 radical (unpaired) electrons. The molecule has 0 aliphatic heterocycles. The summed E-state index contributed by atoms with van der Waals surface area (Å²) < 4.78 is 11.6. The molecule has 2 rings (SSSR count). The summed E-state index contributed by atoms with van der Waals surface area (Å²) in [6.07, 6.45) is 0.742. The van der Waals surface area contributed by atoms with Crippen LogP contribution in [0.1, 0.15) is 18.1 Å². The van der Waals surface area contributed by atoms with Gasteiger partial charge in [-0.2, -0.15) is 0 Å². The number of phenolic OH excluding ortho intramolecular Hbond substituents is 1. The highest BCUT2D eigenvalue weighted by molar-refractivity contribution is 5.47. The van der Waals surface area contributed by atoms with Crippen molar-refractivity contribution in [3.05, 3.63) is 53.6 Å². The van der Waals surface area contributed by atoms with Crippen molar-refractivity contribution in [1.82, 2.24) is 0 Å². The summed E-state index contributed by atoms with van der Waals surface area (Å²) in [5.41, 5.74) is 7.68. The molecule has 0 unspecified atom stereocenters. The Hall–Kier alpha value is -2.20. The predicted octanol–water partition coefficient (Wildman–Crippen LogP) is 2.87. The van der Waals surface area contributed by atoms with Crippen LogP contribution < -0.4 is 15.2 Å². The van der Waals surface area contributed by atoms with Crippen LogP contribution in [-0.2, 0) is 13.0 Å². The molecule has 0 aromatic heterocycles. The molecule has 0 aliphatic carbocycles. The molecular weight excluding hydrogens is 266 g/mol. The first-order valence-electron chi connectivity index (χ1n) is 7.10. The smallest absolute Gasteiger partial charge is 0.164 e. The van der Waals surface area contributed by atoms with Crippen molar-refractivity contribution >= 4 is 0 Å². The van der Waals surface area contributed by atoms with Crippen LogP contribution in [0.15, 0.2) is 42.5 Å². The van der Waals surface area contributed by atoms with Gasteiger partial charge in [0.2, 0.25) is 0 Å². The quantitative estimate of drug-likeness (QED) is 0.822. The highest BCUT2D eigenvalue weighted by atomic mass is 16.5. The largest absolute Gasteiger partial charge is 0.508 e. The van der Waals surface area contributed by atoms with E-state index in [2.05, 4.69) is 0 Å². The summed E-state index contributed by atoms with van der Waals surface area (Å²) in [4.78, 5) is 0. The number of ether oxygens (including phenoxy) is 2. The molecular formula is C17H21NO3. The minimum Gasteiger partial charge on any atom is -0.508 e. The second-order valence-corrected chi connectivity index (χ2v) is 4.67. The van der Waals surface area contributed by atoms with E-state index in [0.717, 1.165) is 29.0 Å². The molecule has 3 N–H and O–H groups in total. The summed E-state index contributed by atoms with van der Waals surface area (Å²) in [7, 11) is 0. The number of phenols is 1. The van der Waals surface area contributed by atoms with Gasteiger partial charge in [0.05, 0.1) is 6.61 Å². The van der Waals surface area contributed by atoms with Gasteiger partial charge < -0.3 is 20.3 Å². The molecule has 0 bridgehead atoms. The third-order valence-electron chi connectivity index (χ3n) is 3.09. The lowest BCUT2D eigenvalue weighted by Crippen LogP contribution is -2.07. The van der Waals surface area contributed by atoms with Crippen LogP contribution in [0, 0.1) is 0 Å². The lowest BCUT2D eigenvalue weighted by Gasteiger charge is -2.15. The third-order valence-corrected chi connectivity index (χ3v) is 3.09. The van der Waals surface area contributed by atoms with Gasteiger partial charge >= 0.3 is 0 Å². The average molecular weight is 287 g/mol. The Labute approximate surface area is 125 Å². The molecule has 0 aliphatic rings. The van der Waals surface area contributed by atoms with Gasteiger partial charge in [0.1, 0.15) is 12.4 Å². The molecule has 0 amide bonds. The van der Waals surface area contributed by atoms with Gasteiger partial charge in [0.15, 0.2) is 11.5 Å². The van der Waals surface area contributed by atoms with Crippen molar-refractivity contribution in [3.63, 3.8) is 0 Å². The van der Waals surface area contributed by atoms with Gasteiger partial charge in [-0.15, -0.1) is 0 Å². The van der Waals surface area contributed by atoms with Crippen LogP contribution in [0.4, 0.5) is 0 Å². The lowest BCUT2D eigenvalue weighted by atomic mass is 10.1. The fraction of sp³-hybridized carbons (Fsp3) is 0.294. The highest BCUT2D eigenvalue weighted by Crippen LogP contribution is 2.32. The molecule has 0 atom stereocenters. The Morgan fingerprint density at radius 2 is 1.81 bits per heavy atom. The van der Waals surface area contributed by atoms with Crippen LogP contribution >= 0.6 is 0 Å². The lowest BCUT2D eigenvalue weighted by molar-refractivity contribution is 0.266. The van der Waals surface area contributed by atoms with E-state index in [1.165, 1.54) is 0 Å². The molecule has 0 saturated heterocycles. The molecule has 0 heterocycles. The van der Waals surface area contributed by atoms with Gasteiger partial charge in [-0.1, -0.05) is 24.3 Å². The Bertz CT molecular complexity index is 542. The number of benzene rings is 2. The first kappa shape index (κ1) is 15.2. The number of hydrogen-bond acceptors (Lipinski definition) is 4. The van der Waals surface area contributed by atoms with E-state index in [4.69, 9.17) is 15.2 Å². The highest BCUT2D eigenvalue weighted by Gasteiger charge is 2.11. The standard InChI is InChI=1S/C17H21NO3/c1-2-20-16-5-3-4-14(10-11-18)17(16)21-12-13-6-8-15(19)9-7-13/h3-9,19H,2,10-12,18H2,1H3. The summed E-state index contributed by atoms with van der Waals surface area (Å²) >= 11 is 0. The first-order valence-corrected chi connectivity index (χ1v) is 7.10. The van der Waals surface area contributed by atoms with E-state index in [0.29, 0.717) is 19.8 Å². The predicted molar refractivity (Wildman–Crippen MR) is 82.8 cm³/mol. The Morgan fingerprint density at radius 1 is 1.05 bits per heavy atom. The van der Waals surface area contributed by atoms with Crippen molar-refractivity contribution < 1.29 is 14.6 Å². The average Bonchev–Trinajstić information content (AvgIpc) is 2.49. The monoisotopic (exact) mass is 287 g/mol. The zero-order valence-electron chi connectivity index (χ0n) is 12.2. The second-order valence-electron chi connectivity index (χ2n) is 4.67. The van der Waals surface area contributed by atoms with Crippen LogP contribution in [0.5, 0.6) is 17.2 Å². The van der Waals surface area contributed by atoms with Crippen molar-refractivity contribution in [3.8, 4) is 17.2 Å². The van der Waals surface area contributed by atoms with E-state index in [9.17, 15) is 5.11 Å². The Balaban J connectivity index is 2.17. The van der Waals surface area contributed by atoms with Crippen LogP contribution in [-0.4, -0.2) is 18.3 Å². The number of rotatable bonds is 7. The summed E-state index contributed by atoms with van der Waals surface area (Å²) in [6, 6.07) is 12.8. The topological polar surface area (TPSA) is 64.7 Å². The minimum atomic E-state index is 0.247. The first-order chi connectivity index (χ1) is 10.2. The second kappa shape index (κ2) is 7.55. The molecule has 112 valence electrons. The van der Waals surface area contributed by atoms with Gasteiger partial charge in [0.25, 0.3) is 0 Å². The SMILES string of the molecule is CCOc1cccc(CCN)c1OCc1ccc(O)cc1. The van der Waals surface area contributed by atoms with E-state index in [1.807, 2.05) is 37.3 Å². The van der Waals surface area contributed by atoms with E-state index < -0.39 is 0 Å². The fourth-order valence-electron chi connectivity index (χ4n) is 2.09. The van der Waals surface area contributed by atoms with Crippen molar-refractivity contribution in [2.24, 2.45) is 5.73 Å². The summed E-state index contributed by atoms with van der Waals surface area (Å²) in [6.45, 7) is 3.51. The van der Waals surface area contributed by atoms with E-state index in [1.54, 1.807) is 12.1 Å². The zero-order valence-corrected chi connectivity index (χ0v) is 12.2. The normalized spacial score (nSPS) is 10.4. The van der Waals surface area contributed by atoms with Crippen molar-refractivity contribution in [2.45, 2.75) is 20.0 Å². The number of aromatic hydroxyl groups is 1. The van der Waals surface area contributed by atoms with Gasteiger partial charge in [-0.05, 0) is 49.2 Å². The Kier molecular flexibility index (Phi) is 5.46. The molecule has 0 fully saturated rings. The summed E-state index contributed by atoms with van der Waals surface area (Å²) in [5.74, 6) is 1.73. The molecule has 2 aromatic rings.